The fourth-order valence-corrected chi connectivity index (χ4v) is 2.74. The smallest absolute Gasteiger partial charge is 0.227 e. The van der Waals surface area contributed by atoms with Gasteiger partial charge in [0, 0.05) is 29.4 Å². The van der Waals surface area contributed by atoms with Crippen LogP contribution in [0.2, 0.25) is 0 Å². The highest BCUT2D eigenvalue weighted by Crippen LogP contribution is 2.30. The molecule has 0 unspecified atom stereocenters. The average Bonchev–Trinajstić information content (AvgIpc) is 3.28. The van der Waals surface area contributed by atoms with Crippen LogP contribution in [0.25, 0.3) is 0 Å². The van der Waals surface area contributed by atoms with Crippen LogP contribution in [0.1, 0.15) is 38.5 Å². The van der Waals surface area contributed by atoms with Crippen LogP contribution in [0, 0.1) is 5.92 Å². The SMILES string of the molecule is NC1CCC(Nc2ccc(NC(=O)C3CC3)cc2)CC1. The van der Waals surface area contributed by atoms with Gasteiger partial charge in [0.2, 0.25) is 5.91 Å². The van der Waals surface area contributed by atoms with Crippen molar-refractivity contribution in [2.45, 2.75) is 50.6 Å². The van der Waals surface area contributed by atoms with Crippen molar-refractivity contribution in [1.29, 1.82) is 0 Å². The van der Waals surface area contributed by atoms with Crippen LogP contribution >= 0.6 is 0 Å². The summed E-state index contributed by atoms with van der Waals surface area (Å²) < 4.78 is 0. The van der Waals surface area contributed by atoms with Crippen LogP contribution in [0.3, 0.4) is 0 Å². The molecule has 0 radical (unpaired) electrons. The summed E-state index contributed by atoms with van der Waals surface area (Å²) in [6, 6.07) is 8.93. The van der Waals surface area contributed by atoms with E-state index in [9.17, 15) is 4.79 Å². The number of carbonyl (C=O) groups excluding carboxylic acids is 1. The molecule has 4 N–H and O–H groups in total. The Morgan fingerprint density at radius 3 is 2.15 bits per heavy atom. The lowest BCUT2D eigenvalue weighted by Crippen LogP contribution is -2.32. The van der Waals surface area contributed by atoms with Gasteiger partial charge in [-0.3, -0.25) is 4.79 Å². The van der Waals surface area contributed by atoms with Crippen molar-refractivity contribution in [3.8, 4) is 0 Å². The third-order valence-corrected chi connectivity index (χ3v) is 4.24. The van der Waals surface area contributed by atoms with Crippen molar-refractivity contribution in [1.82, 2.24) is 0 Å². The first-order chi connectivity index (χ1) is 9.70. The molecule has 4 nitrogen and oxygen atoms in total. The summed E-state index contributed by atoms with van der Waals surface area (Å²) in [5, 5.41) is 6.51. The van der Waals surface area contributed by atoms with Gasteiger partial charge < -0.3 is 16.4 Å². The maximum Gasteiger partial charge on any atom is 0.227 e. The van der Waals surface area contributed by atoms with E-state index >= 15 is 0 Å². The summed E-state index contributed by atoms with van der Waals surface area (Å²) in [5.41, 5.74) is 7.93. The zero-order valence-electron chi connectivity index (χ0n) is 11.8. The van der Waals surface area contributed by atoms with Crippen LogP contribution in [-0.2, 0) is 4.79 Å². The number of benzene rings is 1. The van der Waals surface area contributed by atoms with Gasteiger partial charge in [0.05, 0.1) is 0 Å². The summed E-state index contributed by atoms with van der Waals surface area (Å²) in [7, 11) is 0. The third kappa shape index (κ3) is 3.51. The summed E-state index contributed by atoms with van der Waals surface area (Å²) in [4.78, 5) is 11.7. The van der Waals surface area contributed by atoms with Gasteiger partial charge in [-0.1, -0.05) is 0 Å². The molecule has 2 saturated carbocycles. The van der Waals surface area contributed by atoms with Gasteiger partial charge in [-0.05, 0) is 62.8 Å². The van der Waals surface area contributed by atoms with E-state index in [-0.39, 0.29) is 11.8 Å². The fourth-order valence-electron chi connectivity index (χ4n) is 2.74. The topological polar surface area (TPSA) is 67.2 Å². The number of anilines is 2. The molecule has 0 atom stereocenters. The molecule has 0 heterocycles. The van der Waals surface area contributed by atoms with Gasteiger partial charge in [0.1, 0.15) is 0 Å². The summed E-state index contributed by atoms with van der Waals surface area (Å²) in [6.07, 6.45) is 6.56. The Balaban J connectivity index is 1.51. The van der Waals surface area contributed by atoms with E-state index in [1.54, 1.807) is 0 Å². The van der Waals surface area contributed by atoms with Crippen LogP contribution in [0.4, 0.5) is 11.4 Å². The van der Waals surface area contributed by atoms with E-state index in [1.807, 2.05) is 24.3 Å². The summed E-state index contributed by atoms with van der Waals surface area (Å²) >= 11 is 0. The highest BCUT2D eigenvalue weighted by Gasteiger charge is 2.29. The van der Waals surface area contributed by atoms with Crippen molar-refractivity contribution >= 4 is 17.3 Å². The van der Waals surface area contributed by atoms with Gasteiger partial charge >= 0.3 is 0 Å². The number of carbonyl (C=O) groups is 1. The van der Waals surface area contributed by atoms with Crippen molar-refractivity contribution < 1.29 is 4.79 Å². The minimum Gasteiger partial charge on any atom is -0.382 e. The molecular weight excluding hydrogens is 250 g/mol. The molecule has 0 saturated heterocycles. The summed E-state index contributed by atoms with van der Waals surface area (Å²) in [6.45, 7) is 0. The quantitative estimate of drug-likeness (QED) is 0.790. The minimum atomic E-state index is 0.159. The lowest BCUT2D eigenvalue weighted by Gasteiger charge is -2.27. The second-order valence-corrected chi connectivity index (χ2v) is 6.10. The molecule has 1 aromatic carbocycles. The van der Waals surface area contributed by atoms with Gasteiger partial charge in [-0.15, -0.1) is 0 Å². The first-order valence-corrected chi connectivity index (χ1v) is 7.64. The number of hydrogen-bond donors (Lipinski definition) is 3. The molecule has 0 bridgehead atoms. The Kier molecular flexibility index (Phi) is 3.92. The Hall–Kier alpha value is -1.55. The molecule has 2 fully saturated rings. The lowest BCUT2D eigenvalue weighted by molar-refractivity contribution is -0.117. The van der Waals surface area contributed by atoms with E-state index in [4.69, 9.17) is 5.73 Å². The van der Waals surface area contributed by atoms with Crippen molar-refractivity contribution in [3.05, 3.63) is 24.3 Å². The largest absolute Gasteiger partial charge is 0.382 e. The fraction of sp³-hybridized carbons (Fsp3) is 0.562. The molecule has 1 amide bonds. The summed E-state index contributed by atoms with van der Waals surface area (Å²) in [5.74, 6) is 0.409. The van der Waals surface area contributed by atoms with E-state index in [1.165, 1.54) is 0 Å². The van der Waals surface area contributed by atoms with Crippen LogP contribution in [0.5, 0.6) is 0 Å². The van der Waals surface area contributed by atoms with Gasteiger partial charge in [-0.25, -0.2) is 0 Å². The maximum absolute atomic E-state index is 11.7. The second-order valence-electron chi connectivity index (χ2n) is 6.10. The number of rotatable bonds is 4. The lowest BCUT2D eigenvalue weighted by atomic mass is 9.92. The van der Waals surface area contributed by atoms with Gasteiger partial charge in [-0.2, -0.15) is 0 Å². The second kappa shape index (κ2) is 5.83. The Labute approximate surface area is 120 Å². The Morgan fingerprint density at radius 1 is 0.950 bits per heavy atom. The Bertz CT molecular complexity index is 459. The maximum atomic E-state index is 11.7. The van der Waals surface area contributed by atoms with E-state index < -0.39 is 0 Å². The van der Waals surface area contributed by atoms with Crippen molar-refractivity contribution in [3.63, 3.8) is 0 Å². The third-order valence-electron chi connectivity index (χ3n) is 4.24. The first-order valence-electron chi connectivity index (χ1n) is 7.64. The van der Waals surface area contributed by atoms with Gasteiger partial charge in [0.25, 0.3) is 0 Å². The molecule has 2 aliphatic carbocycles. The standard InChI is InChI=1S/C16H23N3O/c17-12-3-5-13(6-4-12)18-14-7-9-15(10-8-14)19-16(20)11-1-2-11/h7-13,18H,1-6,17H2,(H,19,20). The van der Waals surface area contributed by atoms with E-state index in [0.29, 0.717) is 12.1 Å². The molecule has 3 rings (SSSR count). The molecule has 1 aromatic rings. The normalized spacial score (nSPS) is 26.1. The van der Waals surface area contributed by atoms with Gasteiger partial charge in [0.15, 0.2) is 0 Å². The Morgan fingerprint density at radius 2 is 1.55 bits per heavy atom. The van der Waals surface area contributed by atoms with Crippen LogP contribution < -0.4 is 16.4 Å². The van der Waals surface area contributed by atoms with Crippen molar-refractivity contribution in [2.24, 2.45) is 11.7 Å². The number of amides is 1. The highest BCUT2D eigenvalue weighted by molar-refractivity contribution is 5.94. The van der Waals surface area contributed by atoms with Crippen molar-refractivity contribution in [2.75, 3.05) is 10.6 Å². The number of hydrogen-bond acceptors (Lipinski definition) is 3. The molecule has 4 heteroatoms. The molecule has 0 spiro atoms. The first kappa shape index (κ1) is 13.4. The van der Waals surface area contributed by atoms with E-state index in [0.717, 1.165) is 49.9 Å². The van der Waals surface area contributed by atoms with E-state index in [2.05, 4.69) is 10.6 Å². The molecular formula is C16H23N3O. The zero-order chi connectivity index (χ0) is 13.9. The number of nitrogens with one attached hydrogen (secondary N) is 2. The number of nitrogens with two attached hydrogens (primary N) is 1. The molecule has 2 aliphatic rings. The molecule has 0 aromatic heterocycles. The predicted molar refractivity (Wildman–Crippen MR) is 81.6 cm³/mol. The highest BCUT2D eigenvalue weighted by atomic mass is 16.2. The molecule has 20 heavy (non-hydrogen) atoms. The zero-order valence-corrected chi connectivity index (χ0v) is 11.8. The van der Waals surface area contributed by atoms with Crippen LogP contribution in [-0.4, -0.2) is 18.0 Å². The average molecular weight is 273 g/mol. The molecule has 0 aliphatic heterocycles. The predicted octanol–water partition coefficient (Wildman–Crippen LogP) is 2.72. The monoisotopic (exact) mass is 273 g/mol. The van der Waals surface area contributed by atoms with Crippen LogP contribution in [0.15, 0.2) is 24.3 Å². The minimum absolute atomic E-state index is 0.159. The molecule has 108 valence electrons.